The third-order valence-corrected chi connectivity index (χ3v) is 4.97. The van der Waals surface area contributed by atoms with Crippen LogP contribution < -0.4 is 20.5 Å². The van der Waals surface area contributed by atoms with Crippen molar-refractivity contribution in [1.82, 2.24) is 5.32 Å². The molecule has 24 heavy (non-hydrogen) atoms. The van der Waals surface area contributed by atoms with Gasteiger partial charge in [-0.05, 0) is 36.5 Å². The van der Waals surface area contributed by atoms with E-state index in [9.17, 15) is 4.79 Å². The number of nitrogens with one attached hydrogen (secondary N) is 1. The number of amides is 1. The average Bonchev–Trinajstić information content (AvgIpc) is 2.62. The second kappa shape index (κ2) is 8.38. The molecule has 1 aliphatic carbocycles. The fourth-order valence-corrected chi connectivity index (χ4v) is 3.59. The molecule has 1 heterocycles. The van der Waals surface area contributed by atoms with Crippen LogP contribution in [0.5, 0.6) is 11.5 Å². The van der Waals surface area contributed by atoms with Gasteiger partial charge in [-0.15, -0.1) is 0 Å². The molecule has 1 amide bonds. The van der Waals surface area contributed by atoms with E-state index in [-0.39, 0.29) is 11.9 Å². The minimum absolute atomic E-state index is 0.0295. The van der Waals surface area contributed by atoms with Crippen LogP contribution in [0.4, 0.5) is 0 Å². The summed E-state index contributed by atoms with van der Waals surface area (Å²) in [4.78, 5) is 12.2. The molecule has 3 N–H and O–H groups in total. The van der Waals surface area contributed by atoms with Crippen molar-refractivity contribution in [3.63, 3.8) is 0 Å². The highest BCUT2D eigenvalue weighted by Gasteiger charge is 2.21. The van der Waals surface area contributed by atoms with Gasteiger partial charge in [0.05, 0.1) is 6.04 Å². The summed E-state index contributed by atoms with van der Waals surface area (Å²) in [6, 6.07) is 5.55. The van der Waals surface area contributed by atoms with E-state index in [4.69, 9.17) is 15.2 Å². The van der Waals surface area contributed by atoms with Crippen molar-refractivity contribution in [2.45, 2.75) is 51.0 Å². The van der Waals surface area contributed by atoms with E-state index in [0.717, 1.165) is 29.9 Å². The molecule has 0 spiro atoms. The fourth-order valence-electron chi connectivity index (χ4n) is 3.59. The molecular weight excluding hydrogens is 304 g/mol. The van der Waals surface area contributed by atoms with E-state index in [1.165, 1.54) is 32.1 Å². The topological polar surface area (TPSA) is 73.6 Å². The second-order valence-corrected chi connectivity index (χ2v) is 6.87. The van der Waals surface area contributed by atoms with Crippen molar-refractivity contribution < 1.29 is 14.3 Å². The van der Waals surface area contributed by atoms with Crippen molar-refractivity contribution in [3.8, 4) is 11.5 Å². The Bertz CT molecular complexity index is 556. The Morgan fingerprint density at radius 2 is 1.92 bits per heavy atom. The van der Waals surface area contributed by atoms with Crippen LogP contribution in [-0.4, -0.2) is 31.7 Å². The second-order valence-electron chi connectivity index (χ2n) is 6.87. The Morgan fingerprint density at radius 3 is 2.71 bits per heavy atom. The zero-order valence-electron chi connectivity index (χ0n) is 14.3. The summed E-state index contributed by atoms with van der Waals surface area (Å²) >= 11 is 0. The number of carbonyl (C=O) groups is 1. The van der Waals surface area contributed by atoms with Gasteiger partial charge in [-0.2, -0.15) is 0 Å². The molecule has 1 aromatic rings. The molecule has 0 bridgehead atoms. The van der Waals surface area contributed by atoms with Crippen LogP contribution in [0.1, 0.15) is 44.1 Å². The van der Waals surface area contributed by atoms with Gasteiger partial charge in [-0.25, -0.2) is 0 Å². The van der Waals surface area contributed by atoms with Gasteiger partial charge in [0.1, 0.15) is 13.2 Å². The Labute approximate surface area is 143 Å². The van der Waals surface area contributed by atoms with Crippen LogP contribution in [0.15, 0.2) is 18.2 Å². The van der Waals surface area contributed by atoms with E-state index in [1.54, 1.807) is 0 Å². The summed E-state index contributed by atoms with van der Waals surface area (Å²) in [6.07, 6.45) is 7.91. The first-order chi connectivity index (χ1) is 11.7. The molecule has 3 rings (SSSR count). The van der Waals surface area contributed by atoms with Crippen molar-refractivity contribution in [1.29, 1.82) is 0 Å². The Kier molecular flexibility index (Phi) is 5.96. The van der Waals surface area contributed by atoms with Gasteiger partial charge in [0, 0.05) is 6.54 Å². The lowest BCUT2D eigenvalue weighted by atomic mass is 9.85. The molecule has 1 unspecified atom stereocenters. The van der Waals surface area contributed by atoms with Crippen molar-refractivity contribution in [2.24, 2.45) is 11.7 Å². The number of benzene rings is 1. The molecule has 0 aromatic heterocycles. The zero-order chi connectivity index (χ0) is 16.8. The molecule has 1 atom stereocenters. The molecule has 2 aliphatic rings. The highest BCUT2D eigenvalue weighted by Crippen LogP contribution is 2.30. The van der Waals surface area contributed by atoms with Gasteiger partial charge in [0.2, 0.25) is 5.91 Å². The van der Waals surface area contributed by atoms with E-state index in [0.29, 0.717) is 25.7 Å². The van der Waals surface area contributed by atoms with Gasteiger partial charge < -0.3 is 20.5 Å². The molecule has 1 aliphatic heterocycles. The number of fused-ring (bicyclic) bond motifs is 1. The lowest BCUT2D eigenvalue weighted by Crippen LogP contribution is -2.42. The third-order valence-electron chi connectivity index (χ3n) is 4.97. The average molecular weight is 332 g/mol. The number of rotatable bonds is 6. The van der Waals surface area contributed by atoms with Gasteiger partial charge in [0.25, 0.3) is 0 Å². The van der Waals surface area contributed by atoms with Crippen LogP contribution in [0.25, 0.3) is 0 Å². The number of ether oxygens (including phenoxy) is 2. The number of hydrogen-bond donors (Lipinski definition) is 2. The van der Waals surface area contributed by atoms with Gasteiger partial charge in [0.15, 0.2) is 11.5 Å². The first kappa shape index (κ1) is 17.1. The van der Waals surface area contributed by atoms with E-state index in [1.807, 2.05) is 18.2 Å². The SMILES string of the molecule is NC(CC1CCCCC1)C(=O)NCCc1ccc2c(c1)OCCO2. The monoisotopic (exact) mass is 332 g/mol. The summed E-state index contributed by atoms with van der Waals surface area (Å²) in [7, 11) is 0. The van der Waals surface area contributed by atoms with Crippen molar-refractivity contribution >= 4 is 5.91 Å². The van der Waals surface area contributed by atoms with E-state index >= 15 is 0 Å². The summed E-state index contributed by atoms with van der Waals surface area (Å²) < 4.78 is 11.1. The minimum Gasteiger partial charge on any atom is -0.486 e. The molecule has 132 valence electrons. The zero-order valence-corrected chi connectivity index (χ0v) is 14.3. The highest BCUT2D eigenvalue weighted by molar-refractivity contribution is 5.81. The largest absolute Gasteiger partial charge is 0.486 e. The smallest absolute Gasteiger partial charge is 0.236 e. The van der Waals surface area contributed by atoms with E-state index in [2.05, 4.69) is 5.32 Å². The maximum atomic E-state index is 12.2. The normalized spacial score (nSPS) is 18.9. The van der Waals surface area contributed by atoms with Crippen LogP contribution in [0, 0.1) is 5.92 Å². The lowest BCUT2D eigenvalue weighted by Gasteiger charge is -2.24. The maximum Gasteiger partial charge on any atom is 0.236 e. The van der Waals surface area contributed by atoms with Gasteiger partial charge in [-0.1, -0.05) is 38.2 Å². The quantitative estimate of drug-likeness (QED) is 0.839. The molecule has 0 saturated heterocycles. The number of carbonyl (C=O) groups excluding carboxylic acids is 1. The predicted molar refractivity (Wildman–Crippen MR) is 93.3 cm³/mol. The summed E-state index contributed by atoms with van der Waals surface area (Å²) in [5, 5.41) is 2.96. The number of hydrogen-bond acceptors (Lipinski definition) is 4. The lowest BCUT2D eigenvalue weighted by molar-refractivity contribution is -0.122. The summed E-state index contributed by atoms with van der Waals surface area (Å²) in [5.41, 5.74) is 7.20. The predicted octanol–water partition coefficient (Wildman–Crippen LogP) is 2.41. The molecule has 1 fully saturated rings. The first-order valence-electron chi connectivity index (χ1n) is 9.14. The molecular formula is C19H28N2O3. The molecule has 1 aromatic carbocycles. The Balaban J connectivity index is 1.41. The Morgan fingerprint density at radius 1 is 1.17 bits per heavy atom. The fraction of sp³-hybridized carbons (Fsp3) is 0.632. The van der Waals surface area contributed by atoms with Crippen molar-refractivity contribution in [3.05, 3.63) is 23.8 Å². The maximum absolute atomic E-state index is 12.2. The first-order valence-corrected chi connectivity index (χ1v) is 9.14. The van der Waals surface area contributed by atoms with Crippen molar-refractivity contribution in [2.75, 3.05) is 19.8 Å². The minimum atomic E-state index is -0.381. The van der Waals surface area contributed by atoms with Crippen LogP contribution in [0.3, 0.4) is 0 Å². The molecule has 0 radical (unpaired) electrons. The van der Waals surface area contributed by atoms with Gasteiger partial charge >= 0.3 is 0 Å². The van der Waals surface area contributed by atoms with Crippen LogP contribution in [-0.2, 0) is 11.2 Å². The van der Waals surface area contributed by atoms with Gasteiger partial charge in [-0.3, -0.25) is 4.79 Å². The third kappa shape index (κ3) is 4.63. The molecule has 1 saturated carbocycles. The van der Waals surface area contributed by atoms with Crippen LogP contribution in [0.2, 0.25) is 0 Å². The standard InChI is InChI=1S/C19H28N2O3/c20-16(12-14-4-2-1-3-5-14)19(22)21-9-8-15-6-7-17-18(13-15)24-11-10-23-17/h6-7,13-14,16H,1-5,8-12,20H2,(H,21,22). The van der Waals surface area contributed by atoms with Crippen LogP contribution >= 0.6 is 0 Å². The molecule has 5 nitrogen and oxygen atoms in total. The summed E-state index contributed by atoms with van der Waals surface area (Å²) in [6.45, 7) is 1.78. The Hall–Kier alpha value is -1.75. The number of nitrogens with two attached hydrogens (primary N) is 1. The molecule has 5 heteroatoms. The highest BCUT2D eigenvalue weighted by atomic mass is 16.6. The van der Waals surface area contributed by atoms with E-state index < -0.39 is 0 Å². The summed E-state index contributed by atoms with van der Waals surface area (Å²) in [5.74, 6) is 2.18.